The van der Waals surface area contributed by atoms with E-state index in [-0.39, 0.29) is 0 Å². The zero-order chi connectivity index (χ0) is 10.4. The van der Waals surface area contributed by atoms with Crippen LogP contribution in [0.15, 0.2) is 0 Å². The molecular formula is C10H26OSi. The monoisotopic (exact) mass is 190 g/mol. The van der Waals surface area contributed by atoms with Gasteiger partial charge in [-0.15, -0.1) is 0 Å². The predicted molar refractivity (Wildman–Crippen MR) is 60.1 cm³/mol. The van der Waals surface area contributed by atoms with E-state index in [9.17, 15) is 0 Å². The Morgan fingerprint density at radius 2 is 1.25 bits per heavy atom. The van der Waals surface area contributed by atoms with Crippen LogP contribution in [0.4, 0.5) is 0 Å². The highest BCUT2D eigenvalue weighted by molar-refractivity contribution is 6.69. The molecule has 0 aromatic rings. The first kappa shape index (κ1) is 14.7. The SMILES string of the molecule is CCC(C)(C)C.CO[Si](C)(C)C. The Labute approximate surface area is 79.6 Å². The maximum Gasteiger partial charge on any atom is 0.183 e. The second-order valence-electron chi connectivity index (χ2n) is 5.23. The molecule has 0 spiro atoms. The normalized spacial score (nSPS) is 12.0. The first-order valence-corrected chi connectivity index (χ1v) is 8.08. The molecule has 0 unspecified atom stereocenters. The van der Waals surface area contributed by atoms with E-state index >= 15 is 0 Å². The van der Waals surface area contributed by atoms with Gasteiger partial charge in [0.2, 0.25) is 0 Å². The number of rotatable bonds is 1. The summed E-state index contributed by atoms with van der Waals surface area (Å²) in [5, 5.41) is 0. The fraction of sp³-hybridized carbons (Fsp3) is 1.00. The Morgan fingerprint density at radius 1 is 1.08 bits per heavy atom. The van der Waals surface area contributed by atoms with Gasteiger partial charge >= 0.3 is 0 Å². The van der Waals surface area contributed by atoms with Crippen LogP contribution < -0.4 is 0 Å². The van der Waals surface area contributed by atoms with Crippen molar-refractivity contribution in [3.05, 3.63) is 0 Å². The molecule has 0 N–H and O–H groups in total. The molecule has 0 radical (unpaired) electrons. The van der Waals surface area contributed by atoms with E-state index in [4.69, 9.17) is 4.43 Å². The van der Waals surface area contributed by atoms with Crippen molar-refractivity contribution in [3.63, 3.8) is 0 Å². The van der Waals surface area contributed by atoms with Crippen LogP contribution in [0.3, 0.4) is 0 Å². The molecule has 2 heteroatoms. The molecule has 0 aliphatic heterocycles. The van der Waals surface area contributed by atoms with Crippen molar-refractivity contribution in [3.8, 4) is 0 Å². The zero-order valence-corrected chi connectivity index (χ0v) is 11.1. The van der Waals surface area contributed by atoms with Gasteiger partial charge in [-0.1, -0.05) is 34.1 Å². The molecule has 0 heterocycles. The van der Waals surface area contributed by atoms with Crippen molar-refractivity contribution in [2.24, 2.45) is 5.41 Å². The summed E-state index contributed by atoms with van der Waals surface area (Å²) < 4.78 is 5.08. The molecule has 0 saturated carbocycles. The summed E-state index contributed by atoms with van der Waals surface area (Å²) in [6.45, 7) is 15.4. The van der Waals surface area contributed by atoms with E-state index in [1.165, 1.54) is 6.42 Å². The van der Waals surface area contributed by atoms with E-state index in [1.807, 2.05) is 0 Å². The molecule has 0 aromatic heterocycles. The minimum Gasteiger partial charge on any atom is -0.421 e. The fourth-order valence-electron chi connectivity index (χ4n) is 0. The maximum atomic E-state index is 5.08. The molecule has 0 aliphatic rings. The molecule has 0 saturated heterocycles. The molecule has 0 fully saturated rings. The molecule has 0 amide bonds. The van der Waals surface area contributed by atoms with Gasteiger partial charge < -0.3 is 4.43 Å². The van der Waals surface area contributed by atoms with Gasteiger partial charge in [0.25, 0.3) is 0 Å². The second-order valence-corrected chi connectivity index (χ2v) is 9.86. The maximum absolute atomic E-state index is 5.08. The van der Waals surface area contributed by atoms with Gasteiger partial charge in [-0.2, -0.15) is 0 Å². The van der Waals surface area contributed by atoms with Crippen LogP contribution in [0.5, 0.6) is 0 Å². The highest BCUT2D eigenvalue weighted by atomic mass is 28.4. The minimum atomic E-state index is -1.13. The van der Waals surface area contributed by atoms with Crippen LogP contribution in [-0.2, 0) is 4.43 Å². The van der Waals surface area contributed by atoms with Crippen LogP contribution in [0.25, 0.3) is 0 Å². The summed E-state index contributed by atoms with van der Waals surface area (Å²) in [7, 11) is 0.639. The standard InChI is InChI=1S/C6H14.C4H12OSi/c2*1-5-6(2,3)4/h5H2,1-4H3;1-4H3. The molecule has 0 bridgehead atoms. The van der Waals surface area contributed by atoms with Gasteiger partial charge in [0.15, 0.2) is 8.32 Å². The van der Waals surface area contributed by atoms with Crippen LogP contribution >= 0.6 is 0 Å². The lowest BCUT2D eigenvalue weighted by atomic mass is 9.94. The van der Waals surface area contributed by atoms with E-state index in [0.29, 0.717) is 5.41 Å². The van der Waals surface area contributed by atoms with E-state index in [2.05, 4.69) is 47.3 Å². The molecule has 12 heavy (non-hydrogen) atoms. The molecule has 76 valence electrons. The Hall–Kier alpha value is 0.177. The lowest BCUT2D eigenvalue weighted by Crippen LogP contribution is -2.22. The summed E-state index contributed by atoms with van der Waals surface area (Å²) in [4.78, 5) is 0. The van der Waals surface area contributed by atoms with Crippen molar-refractivity contribution < 1.29 is 4.43 Å². The summed E-state index contributed by atoms with van der Waals surface area (Å²) in [6, 6.07) is 0. The smallest absolute Gasteiger partial charge is 0.183 e. The Bertz CT molecular complexity index is 83.4. The third kappa shape index (κ3) is 22.5. The molecule has 0 rings (SSSR count). The van der Waals surface area contributed by atoms with Gasteiger partial charge in [-0.05, 0) is 25.1 Å². The van der Waals surface area contributed by atoms with Crippen LogP contribution in [0.2, 0.25) is 19.6 Å². The van der Waals surface area contributed by atoms with Crippen LogP contribution in [-0.4, -0.2) is 15.4 Å². The largest absolute Gasteiger partial charge is 0.421 e. The minimum absolute atomic E-state index is 0.542. The van der Waals surface area contributed by atoms with Gasteiger partial charge in [-0.25, -0.2) is 0 Å². The summed E-state index contributed by atoms with van der Waals surface area (Å²) in [5.41, 5.74) is 0.542. The Balaban J connectivity index is 0. The Morgan fingerprint density at radius 3 is 1.25 bits per heavy atom. The van der Waals surface area contributed by atoms with Crippen molar-refractivity contribution in [1.82, 2.24) is 0 Å². The van der Waals surface area contributed by atoms with Crippen LogP contribution in [0, 0.1) is 5.41 Å². The van der Waals surface area contributed by atoms with Gasteiger partial charge in [-0.3, -0.25) is 0 Å². The summed E-state index contributed by atoms with van der Waals surface area (Å²) in [5.74, 6) is 0. The topological polar surface area (TPSA) is 9.23 Å². The average molecular weight is 190 g/mol. The van der Waals surface area contributed by atoms with Crippen molar-refractivity contribution >= 4 is 8.32 Å². The molecule has 0 atom stereocenters. The van der Waals surface area contributed by atoms with E-state index in [0.717, 1.165) is 0 Å². The van der Waals surface area contributed by atoms with Crippen molar-refractivity contribution in [2.75, 3.05) is 7.11 Å². The molecule has 0 aliphatic carbocycles. The highest BCUT2D eigenvalue weighted by Gasteiger charge is 2.09. The quantitative estimate of drug-likeness (QED) is 0.570. The zero-order valence-electron chi connectivity index (χ0n) is 10.1. The van der Waals surface area contributed by atoms with E-state index in [1.54, 1.807) is 7.11 Å². The lowest BCUT2D eigenvalue weighted by Gasteiger charge is -2.12. The van der Waals surface area contributed by atoms with Crippen molar-refractivity contribution in [1.29, 1.82) is 0 Å². The predicted octanol–water partition coefficient (Wildman–Crippen LogP) is 3.91. The molecular weight excluding hydrogens is 164 g/mol. The first-order valence-electron chi connectivity index (χ1n) is 4.67. The lowest BCUT2D eigenvalue weighted by molar-refractivity contribution is 0.398. The van der Waals surface area contributed by atoms with Gasteiger partial charge in [0, 0.05) is 7.11 Å². The van der Waals surface area contributed by atoms with Crippen molar-refractivity contribution in [2.45, 2.75) is 53.8 Å². The highest BCUT2D eigenvalue weighted by Crippen LogP contribution is 2.16. The molecule has 1 nitrogen and oxygen atoms in total. The Kier molecular flexibility index (Phi) is 7.05. The molecule has 0 aromatic carbocycles. The van der Waals surface area contributed by atoms with E-state index < -0.39 is 8.32 Å². The second kappa shape index (κ2) is 5.76. The fourth-order valence-corrected chi connectivity index (χ4v) is 0. The van der Waals surface area contributed by atoms with Gasteiger partial charge in [0.05, 0.1) is 0 Å². The first-order chi connectivity index (χ1) is 5.12. The summed E-state index contributed by atoms with van der Waals surface area (Å²) in [6.07, 6.45) is 1.27. The third-order valence-corrected chi connectivity index (χ3v) is 2.90. The number of hydrogen-bond donors (Lipinski definition) is 0. The van der Waals surface area contributed by atoms with Gasteiger partial charge in [0.1, 0.15) is 0 Å². The average Bonchev–Trinajstić information content (AvgIpc) is 1.86. The van der Waals surface area contributed by atoms with Crippen LogP contribution in [0.1, 0.15) is 34.1 Å². The number of hydrogen-bond acceptors (Lipinski definition) is 1. The summed E-state index contributed by atoms with van der Waals surface area (Å²) >= 11 is 0. The third-order valence-electron chi connectivity index (χ3n) is 1.67.